The number of hydrogen-bond donors (Lipinski definition) is 0. The fourth-order valence-corrected chi connectivity index (χ4v) is 8.74. The van der Waals surface area contributed by atoms with Crippen molar-refractivity contribution < 1.29 is 0 Å². The molecule has 3 aliphatic heterocycles. The monoisotopic (exact) mass is 713 g/mol. The topological polar surface area (TPSA) is 45.8 Å². The van der Waals surface area contributed by atoms with Crippen LogP contribution in [0.2, 0.25) is 0 Å². The van der Waals surface area contributed by atoms with Crippen LogP contribution in [0.1, 0.15) is 51.8 Å². The number of fused-ring (bicyclic) bond motifs is 2. The van der Waals surface area contributed by atoms with Gasteiger partial charge in [-0.1, -0.05) is 127 Å². The molecule has 0 saturated carbocycles. The second-order valence-electron chi connectivity index (χ2n) is 15.3. The smallest absolute Gasteiger partial charge is 0.261 e. The molecule has 0 amide bonds. The molecule has 0 aliphatic carbocycles. The Labute approximate surface area is 323 Å². The Morgan fingerprint density at radius 3 is 1.73 bits per heavy atom. The fraction of sp³-hybridized carbons (Fsp3) is 0.180. The average Bonchev–Trinajstić information content (AvgIpc) is 3.84. The molecule has 5 nitrogen and oxygen atoms in total. The highest BCUT2D eigenvalue weighted by molar-refractivity contribution is 6.54. The number of rotatable bonds is 5. The number of hydrogen-bond acceptors (Lipinski definition) is 4. The average molecular weight is 714 g/mol. The standard InChI is InChI=1S/C50H43N5/c1-54(2)42-30-28-40(29-31-42)46-45(38-16-6-3-7-17-38)52-50(53-46)44-33-35-15-12-14-34-24-26-36(22-13-23-37(44)27-25-35)43(32-34)49-51-47(39-18-8-4-9-19-39)48(55(49)50)41-20-10-5-11-21-41/h3-11,16-21,24-33H,12-15,22-23H2,1-2H3. The summed E-state index contributed by atoms with van der Waals surface area (Å²) >= 11 is 0. The Balaban J connectivity index is 1.41. The van der Waals surface area contributed by atoms with Crippen molar-refractivity contribution in [2.75, 3.05) is 19.0 Å². The summed E-state index contributed by atoms with van der Waals surface area (Å²) in [7, 11) is 4.16. The lowest BCUT2D eigenvalue weighted by molar-refractivity contribution is 0.403. The van der Waals surface area contributed by atoms with Crippen LogP contribution in [-0.4, -0.2) is 35.1 Å². The highest BCUT2D eigenvalue weighted by Gasteiger charge is 2.46. The molecule has 7 aromatic rings. The van der Waals surface area contributed by atoms with Crippen LogP contribution in [0.4, 0.5) is 5.69 Å². The number of benzene rings is 6. The minimum Gasteiger partial charge on any atom is -0.378 e. The molecule has 5 heteroatoms. The highest BCUT2D eigenvalue weighted by atomic mass is 15.4. The number of imidazole rings is 1. The van der Waals surface area contributed by atoms with Crippen LogP contribution in [0.5, 0.6) is 0 Å². The first-order valence-corrected chi connectivity index (χ1v) is 19.6. The molecule has 55 heavy (non-hydrogen) atoms. The summed E-state index contributed by atoms with van der Waals surface area (Å²) in [5, 5.41) is 0. The molecule has 6 aromatic carbocycles. The third kappa shape index (κ3) is 5.74. The van der Waals surface area contributed by atoms with Crippen LogP contribution in [-0.2, 0) is 31.5 Å². The summed E-state index contributed by atoms with van der Waals surface area (Å²) in [5.74, 6) is -0.298. The molecular formula is C50H43N5. The third-order valence-corrected chi connectivity index (χ3v) is 11.5. The van der Waals surface area contributed by atoms with Crippen LogP contribution in [0.3, 0.4) is 0 Å². The molecule has 1 spiro atoms. The Hall–Kier alpha value is -6.33. The molecule has 0 fully saturated rings. The van der Waals surface area contributed by atoms with Crippen molar-refractivity contribution in [1.82, 2.24) is 9.55 Å². The van der Waals surface area contributed by atoms with Gasteiger partial charge in [-0.2, -0.15) is 0 Å². The van der Waals surface area contributed by atoms with Crippen molar-refractivity contribution in [2.45, 2.75) is 44.3 Å². The van der Waals surface area contributed by atoms with Crippen LogP contribution in [0, 0.1) is 0 Å². The fourth-order valence-electron chi connectivity index (χ4n) is 8.74. The van der Waals surface area contributed by atoms with Crippen molar-refractivity contribution >= 4 is 17.1 Å². The summed E-state index contributed by atoms with van der Waals surface area (Å²) in [5.41, 5.74) is 16.6. The van der Waals surface area contributed by atoms with Crippen molar-refractivity contribution in [3.8, 4) is 33.9 Å². The van der Waals surface area contributed by atoms with Crippen LogP contribution < -0.4 is 4.90 Å². The molecule has 0 radical (unpaired) electrons. The molecule has 1 aromatic heterocycles. The normalized spacial score (nSPS) is 17.1. The van der Waals surface area contributed by atoms with E-state index in [9.17, 15) is 0 Å². The van der Waals surface area contributed by atoms with Gasteiger partial charge in [0.15, 0.2) is 0 Å². The Morgan fingerprint density at radius 2 is 1.07 bits per heavy atom. The Kier molecular flexibility index (Phi) is 8.17. The second kappa shape index (κ2) is 13.5. The number of anilines is 1. The first-order valence-electron chi connectivity index (χ1n) is 19.6. The molecule has 0 saturated heterocycles. The first-order chi connectivity index (χ1) is 27.1. The summed E-state index contributed by atoms with van der Waals surface area (Å²) in [6, 6.07) is 55.1. The minimum atomic E-state index is -1.20. The van der Waals surface area contributed by atoms with Crippen molar-refractivity contribution in [2.24, 2.45) is 9.98 Å². The van der Waals surface area contributed by atoms with Gasteiger partial charge >= 0.3 is 0 Å². The summed E-state index contributed by atoms with van der Waals surface area (Å²) in [6.45, 7) is 0. The number of nitrogens with zero attached hydrogens (tertiary/aromatic N) is 5. The quantitative estimate of drug-likeness (QED) is 0.178. The van der Waals surface area contributed by atoms with E-state index in [4.69, 9.17) is 15.0 Å². The zero-order valence-corrected chi connectivity index (χ0v) is 31.4. The van der Waals surface area contributed by atoms with Crippen LogP contribution in [0.25, 0.3) is 33.9 Å². The molecule has 10 rings (SSSR count). The van der Waals surface area contributed by atoms with E-state index in [0.717, 1.165) is 101 Å². The van der Waals surface area contributed by atoms with E-state index in [-0.39, 0.29) is 0 Å². The number of aryl methyl sites for hydroxylation is 4. The lowest BCUT2D eigenvalue weighted by atomic mass is 9.88. The highest BCUT2D eigenvalue weighted by Crippen LogP contribution is 2.49. The van der Waals surface area contributed by atoms with Gasteiger partial charge in [0, 0.05) is 53.2 Å². The van der Waals surface area contributed by atoms with Crippen molar-refractivity contribution in [1.29, 1.82) is 0 Å². The van der Waals surface area contributed by atoms with E-state index >= 15 is 0 Å². The maximum Gasteiger partial charge on any atom is 0.261 e. The molecule has 4 heterocycles. The molecular weight excluding hydrogens is 671 g/mol. The zero-order chi connectivity index (χ0) is 36.9. The lowest BCUT2D eigenvalue weighted by Gasteiger charge is -2.33. The van der Waals surface area contributed by atoms with E-state index in [2.05, 4.69) is 175 Å². The van der Waals surface area contributed by atoms with Gasteiger partial charge in [0.1, 0.15) is 5.82 Å². The predicted octanol–water partition coefficient (Wildman–Crippen LogP) is 10.6. The minimum absolute atomic E-state index is 0.880. The van der Waals surface area contributed by atoms with Gasteiger partial charge in [-0.05, 0) is 85.0 Å². The molecule has 3 aliphatic rings. The van der Waals surface area contributed by atoms with Crippen LogP contribution >= 0.6 is 0 Å². The number of aromatic nitrogens is 2. The van der Waals surface area contributed by atoms with E-state index in [0.29, 0.717) is 0 Å². The zero-order valence-electron chi connectivity index (χ0n) is 31.4. The van der Waals surface area contributed by atoms with Gasteiger partial charge in [-0.3, -0.25) is 4.57 Å². The van der Waals surface area contributed by atoms with E-state index in [1.54, 1.807) is 0 Å². The largest absolute Gasteiger partial charge is 0.378 e. The van der Waals surface area contributed by atoms with Crippen molar-refractivity contribution in [3.63, 3.8) is 0 Å². The van der Waals surface area contributed by atoms with E-state index in [1.165, 1.54) is 27.8 Å². The predicted molar refractivity (Wildman–Crippen MR) is 226 cm³/mol. The summed E-state index contributed by atoms with van der Waals surface area (Å²) in [6.07, 6.45) is 5.96. The molecule has 1 atom stereocenters. The van der Waals surface area contributed by atoms with Crippen LogP contribution in [0.15, 0.2) is 162 Å². The Morgan fingerprint density at radius 1 is 0.527 bits per heavy atom. The van der Waals surface area contributed by atoms with Gasteiger partial charge in [-0.25, -0.2) is 15.0 Å². The third-order valence-electron chi connectivity index (χ3n) is 11.5. The first kappa shape index (κ1) is 33.3. The molecule has 4 bridgehead atoms. The summed E-state index contributed by atoms with van der Waals surface area (Å²) < 4.78 is 2.42. The van der Waals surface area contributed by atoms with Crippen molar-refractivity contribution in [3.05, 3.63) is 191 Å². The maximum atomic E-state index is 6.04. The summed E-state index contributed by atoms with van der Waals surface area (Å²) in [4.78, 5) is 20.0. The Bertz CT molecular complexity index is 2600. The van der Waals surface area contributed by atoms with Gasteiger partial charge in [0.05, 0.1) is 22.8 Å². The number of aliphatic imine (C=N–C) groups is 2. The maximum absolute atomic E-state index is 6.04. The SMILES string of the molecule is CN(C)c1ccc(C2=NC3(N=C2c2ccccc2)c2cc4ccc2CCCc2ccc(cc2-c2nc(-c5ccccc5)c(-c5ccccc5)n23)CCC4)cc1. The molecule has 268 valence electrons. The van der Waals surface area contributed by atoms with E-state index < -0.39 is 5.79 Å². The van der Waals surface area contributed by atoms with Gasteiger partial charge < -0.3 is 4.90 Å². The second-order valence-corrected chi connectivity index (χ2v) is 15.3. The van der Waals surface area contributed by atoms with Gasteiger partial charge in [-0.15, -0.1) is 0 Å². The lowest BCUT2D eigenvalue weighted by Crippen LogP contribution is -2.33. The van der Waals surface area contributed by atoms with E-state index in [1.807, 2.05) is 0 Å². The molecule has 0 N–H and O–H groups in total. The van der Waals surface area contributed by atoms with Gasteiger partial charge in [0.2, 0.25) is 0 Å². The molecule has 1 unspecified atom stereocenters. The van der Waals surface area contributed by atoms with Gasteiger partial charge in [0.25, 0.3) is 5.79 Å².